The zero-order valence-electron chi connectivity index (χ0n) is 10.9. The molecule has 3 N–H and O–H groups in total. The lowest BCUT2D eigenvalue weighted by molar-refractivity contribution is -0.134. The van der Waals surface area contributed by atoms with Crippen molar-refractivity contribution in [3.8, 4) is 0 Å². The molecule has 1 unspecified atom stereocenters. The molecule has 0 aromatic carbocycles. The van der Waals surface area contributed by atoms with E-state index in [2.05, 4.69) is 16.0 Å². The van der Waals surface area contributed by atoms with Gasteiger partial charge in [0.25, 0.3) is 0 Å². The summed E-state index contributed by atoms with van der Waals surface area (Å²) in [6.45, 7) is 5.86. The number of carbonyl (C=O) groups is 2. The van der Waals surface area contributed by atoms with E-state index >= 15 is 0 Å². The number of carbonyl (C=O) groups excluding carboxylic acids is 2. The third kappa shape index (κ3) is 3.70. The summed E-state index contributed by atoms with van der Waals surface area (Å²) in [5, 5.41) is 8.49. The van der Waals surface area contributed by atoms with Crippen LogP contribution in [-0.2, 0) is 9.59 Å². The third-order valence-electron chi connectivity index (χ3n) is 3.59. The van der Waals surface area contributed by atoms with E-state index in [1.165, 1.54) is 0 Å². The Kier molecular flexibility index (Phi) is 4.93. The monoisotopic (exact) mass is 241 g/mol. The van der Waals surface area contributed by atoms with Gasteiger partial charge in [0.15, 0.2) is 0 Å². The fourth-order valence-corrected chi connectivity index (χ4v) is 2.13. The van der Waals surface area contributed by atoms with Gasteiger partial charge in [0.1, 0.15) is 0 Å². The molecule has 1 atom stereocenters. The number of piperidine rings is 1. The Balaban J connectivity index is 2.49. The first-order chi connectivity index (χ1) is 7.98. The first-order valence-corrected chi connectivity index (χ1v) is 6.18. The largest absolute Gasteiger partial charge is 0.358 e. The fourth-order valence-electron chi connectivity index (χ4n) is 2.13. The van der Waals surface area contributed by atoms with Crippen LogP contribution in [0, 0.1) is 11.3 Å². The number of amides is 2. The molecular weight excluding hydrogens is 218 g/mol. The van der Waals surface area contributed by atoms with E-state index in [0.717, 1.165) is 25.9 Å². The molecule has 0 saturated carbocycles. The van der Waals surface area contributed by atoms with Crippen LogP contribution in [0.25, 0.3) is 0 Å². The van der Waals surface area contributed by atoms with Crippen LogP contribution in [0.1, 0.15) is 26.7 Å². The molecule has 1 aliphatic heterocycles. The Morgan fingerprint density at radius 2 is 2.12 bits per heavy atom. The topological polar surface area (TPSA) is 70.2 Å². The van der Waals surface area contributed by atoms with Gasteiger partial charge in [-0.25, -0.2) is 0 Å². The molecule has 17 heavy (non-hydrogen) atoms. The molecule has 2 amide bonds. The zero-order valence-corrected chi connectivity index (χ0v) is 10.9. The Morgan fingerprint density at radius 1 is 1.41 bits per heavy atom. The van der Waals surface area contributed by atoms with Crippen molar-refractivity contribution in [1.29, 1.82) is 0 Å². The van der Waals surface area contributed by atoms with Gasteiger partial charge in [0.2, 0.25) is 11.8 Å². The summed E-state index contributed by atoms with van der Waals surface area (Å²) in [7, 11) is 1.56. The van der Waals surface area contributed by atoms with Crippen molar-refractivity contribution in [2.45, 2.75) is 26.7 Å². The molecule has 0 spiro atoms. The van der Waals surface area contributed by atoms with E-state index in [1.54, 1.807) is 7.05 Å². The van der Waals surface area contributed by atoms with Crippen LogP contribution >= 0.6 is 0 Å². The summed E-state index contributed by atoms with van der Waals surface area (Å²) in [5.74, 6) is 0.117. The second-order valence-electron chi connectivity index (χ2n) is 5.12. The summed E-state index contributed by atoms with van der Waals surface area (Å²) < 4.78 is 0. The molecule has 0 aromatic heterocycles. The summed E-state index contributed by atoms with van der Waals surface area (Å²) in [6, 6.07) is 0. The van der Waals surface area contributed by atoms with Crippen molar-refractivity contribution in [1.82, 2.24) is 16.0 Å². The lowest BCUT2D eigenvalue weighted by Gasteiger charge is -2.35. The minimum Gasteiger partial charge on any atom is -0.358 e. The smallest absolute Gasteiger partial charge is 0.239 e. The van der Waals surface area contributed by atoms with Gasteiger partial charge in [-0.15, -0.1) is 0 Å². The van der Waals surface area contributed by atoms with Crippen LogP contribution in [0.2, 0.25) is 0 Å². The van der Waals surface area contributed by atoms with Crippen molar-refractivity contribution in [3.05, 3.63) is 0 Å². The molecule has 0 bridgehead atoms. The molecule has 1 rings (SSSR count). The molecule has 5 heteroatoms. The molecule has 1 saturated heterocycles. The average molecular weight is 241 g/mol. The number of hydrogen-bond acceptors (Lipinski definition) is 3. The highest BCUT2D eigenvalue weighted by Gasteiger charge is 2.37. The molecule has 1 aliphatic rings. The van der Waals surface area contributed by atoms with Crippen molar-refractivity contribution in [2.75, 3.05) is 26.7 Å². The summed E-state index contributed by atoms with van der Waals surface area (Å²) in [5.41, 5.74) is -0.429. The summed E-state index contributed by atoms with van der Waals surface area (Å²) in [6.07, 6.45) is 2.17. The molecule has 5 nitrogen and oxygen atoms in total. The van der Waals surface area contributed by atoms with Gasteiger partial charge < -0.3 is 16.0 Å². The second-order valence-corrected chi connectivity index (χ2v) is 5.12. The molecule has 1 fully saturated rings. The first-order valence-electron chi connectivity index (χ1n) is 6.18. The van der Waals surface area contributed by atoms with E-state index in [-0.39, 0.29) is 18.4 Å². The summed E-state index contributed by atoms with van der Waals surface area (Å²) in [4.78, 5) is 23.1. The molecule has 0 aliphatic carbocycles. The highest BCUT2D eigenvalue weighted by Crippen LogP contribution is 2.31. The van der Waals surface area contributed by atoms with Gasteiger partial charge in [0, 0.05) is 12.5 Å². The quantitative estimate of drug-likeness (QED) is 0.642. The minimum absolute atomic E-state index is 0.0465. The number of nitrogens with one attached hydrogen (secondary N) is 3. The lowest BCUT2D eigenvalue weighted by Crippen LogP contribution is -2.49. The van der Waals surface area contributed by atoms with Gasteiger partial charge >= 0.3 is 0 Å². The average Bonchev–Trinajstić information content (AvgIpc) is 2.36. The van der Waals surface area contributed by atoms with E-state index in [1.807, 2.05) is 13.8 Å². The van der Waals surface area contributed by atoms with Crippen LogP contribution in [0.3, 0.4) is 0 Å². The Bertz CT molecular complexity index is 283. The van der Waals surface area contributed by atoms with Crippen LogP contribution in [-0.4, -0.2) is 38.5 Å². The van der Waals surface area contributed by atoms with E-state index in [0.29, 0.717) is 5.92 Å². The maximum atomic E-state index is 12.1. The SMILES string of the molecule is CNC(=O)CNC(=O)C(C)(C)C1CCCNC1. The van der Waals surface area contributed by atoms with Gasteiger partial charge in [-0.1, -0.05) is 13.8 Å². The van der Waals surface area contributed by atoms with Crippen molar-refractivity contribution >= 4 is 11.8 Å². The van der Waals surface area contributed by atoms with E-state index in [9.17, 15) is 9.59 Å². The van der Waals surface area contributed by atoms with Crippen LogP contribution in [0.4, 0.5) is 0 Å². The van der Waals surface area contributed by atoms with Gasteiger partial charge in [-0.2, -0.15) is 0 Å². The Morgan fingerprint density at radius 3 is 2.65 bits per heavy atom. The van der Waals surface area contributed by atoms with E-state index in [4.69, 9.17) is 0 Å². The second kappa shape index (κ2) is 6.00. The first kappa shape index (κ1) is 14.0. The molecule has 0 radical (unpaired) electrons. The Hall–Kier alpha value is -1.10. The van der Waals surface area contributed by atoms with Gasteiger partial charge in [0.05, 0.1) is 6.54 Å². The third-order valence-corrected chi connectivity index (χ3v) is 3.59. The number of rotatable bonds is 4. The maximum absolute atomic E-state index is 12.1. The molecule has 0 aromatic rings. The number of hydrogen-bond donors (Lipinski definition) is 3. The van der Waals surface area contributed by atoms with Crippen LogP contribution in [0.15, 0.2) is 0 Å². The van der Waals surface area contributed by atoms with Gasteiger partial charge in [-0.3, -0.25) is 9.59 Å². The molecular formula is C12H23N3O2. The van der Waals surface area contributed by atoms with Crippen molar-refractivity contribution in [3.63, 3.8) is 0 Å². The molecule has 1 heterocycles. The Labute approximate surface area is 103 Å². The van der Waals surface area contributed by atoms with E-state index < -0.39 is 5.41 Å². The van der Waals surface area contributed by atoms with Crippen LogP contribution in [0.5, 0.6) is 0 Å². The predicted molar refractivity (Wildman–Crippen MR) is 66.5 cm³/mol. The van der Waals surface area contributed by atoms with Crippen molar-refractivity contribution in [2.24, 2.45) is 11.3 Å². The minimum atomic E-state index is -0.429. The normalized spacial score (nSPS) is 20.8. The highest BCUT2D eigenvalue weighted by molar-refractivity contribution is 5.87. The molecule has 98 valence electrons. The number of likely N-dealkylation sites (N-methyl/N-ethyl adjacent to an activating group) is 1. The fraction of sp³-hybridized carbons (Fsp3) is 0.833. The van der Waals surface area contributed by atoms with Gasteiger partial charge in [-0.05, 0) is 31.8 Å². The predicted octanol–water partition coefficient (Wildman–Crippen LogP) is -0.126. The lowest BCUT2D eigenvalue weighted by atomic mass is 9.74. The standard InChI is InChI=1S/C12H23N3O2/c1-12(2,9-5-4-6-14-7-9)11(17)15-8-10(16)13-3/h9,14H,4-8H2,1-3H3,(H,13,16)(H,15,17). The highest BCUT2D eigenvalue weighted by atomic mass is 16.2. The maximum Gasteiger partial charge on any atom is 0.239 e. The zero-order chi connectivity index (χ0) is 12.9. The summed E-state index contributed by atoms with van der Waals surface area (Å²) >= 11 is 0. The van der Waals surface area contributed by atoms with Crippen molar-refractivity contribution < 1.29 is 9.59 Å². The van der Waals surface area contributed by atoms with Crippen LogP contribution < -0.4 is 16.0 Å².